The van der Waals surface area contributed by atoms with Gasteiger partial charge in [0.1, 0.15) is 5.75 Å². The third-order valence-corrected chi connectivity index (χ3v) is 4.33. The summed E-state index contributed by atoms with van der Waals surface area (Å²) in [6.07, 6.45) is -4.24. The molecular weight excluding hydrogens is 369 g/mol. The van der Waals surface area contributed by atoms with E-state index in [1.807, 2.05) is 0 Å². The van der Waals surface area contributed by atoms with Gasteiger partial charge in [0, 0.05) is 0 Å². The summed E-state index contributed by atoms with van der Waals surface area (Å²) >= 11 is 6.17. The second kappa shape index (κ2) is 6.64. The molecule has 0 unspecified atom stereocenters. The fourth-order valence-corrected chi connectivity index (χ4v) is 3.06. The van der Waals surface area contributed by atoms with Crippen molar-refractivity contribution in [2.24, 2.45) is 0 Å². The molecule has 0 spiro atoms. The minimum Gasteiger partial charge on any atom is -0.496 e. The first-order chi connectivity index (χ1) is 12.3. The van der Waals surface area contributed by atoms with Gasteiger partial charge in [0.15, 0.2) is 0 Å². The van der Waals surface area contributed by atoms with E-state index in [2.05, 4.69) is 4.98 Å². The molecule has 0 bridgehead atoms. The molecule has 0 saturated carbocycles. The quantitative estimate of drug-likeness (QED) is 0.663. The maximum atomic E-state index is 13.3. The molecule has 0 N–H and O–H groups in total. The number of halogens is 4. The van der Waals surface area contributed by atoms with E-state index in [-0.39, 0.29) is 22.0 Å². The summed E-state index contributed by atoms with van der Waals surface area (Å²) in [5.41, 5.74) is -0.972. The number of aromatic nitrogens is 2. The van der Waals surface area contributed by atoms with Crippen LogP contribution < -0.4 is 10.4 Å². The second-order valence-corrected chi connectivity index (χ2v) is 5.96. The van der Waals surface area contributed by atoms with Crippen LogP contribution in [0.4, 0.5) is 13.2 Å². The van der Waals surface area contributed by atoms with Crippen LogP contribution in [0.2, 0.25) is 5.02 Å². The Hall–Kier alpha value is -2.54. The van der Waals surface area contributed by atoms with E-state index in [1.54, 1.807) is 31.2 Å². The molecule has 8 heteroatoms. The van der Waals surface area contributed by atoms with Crippen molar-refractivity contribution in [3.05, 3.63) is 63.2 Å². The molecule has 0 amide bonds. The molecule has 0 atom stereocenters. The Kier molecular flexibility index (Phi) is 4.66. The SMILES string of the molecule is CCc1nc(=O)n(-c2ccccc2Cl)c2cc(C(F)(F)F)cc(OC)c12. The van der Waals surface area contributed by atoms with Crippen molar-refractivity contribution in [1.82, 2.24) is 9.55 Å². The highest BCUT2D eigenvalue weighted by molar-refractivity contribution is 6.32. The molecule has 0 aliphatic heterocycles. The zero-order valence-corrected chi connectivity index (χ0v) is 14.6. The summed E-state index contributed by atoms with van der Waals surface area (Å²) in [6.45, 7) is 1.76. The summed E-state index contributed by atoms with van der Waals surface area (Å²) in [6, 6.07) is 8.22. The lowest BCUT2D eigenvalue weighted by Gasteiger charge is -2.18. The van der Waals surface area contributed by atoms with Gasteiger partial charge in [0.05, 0.1) is 40.0 Å². The highest BCUT2D eigenvalue weighted by Gasteiger charge is 2.33. The van der Waals surface area contributed by atoms with Gasteiger partial charge in [0.2, 0.25) is 0 Å². The molecule has 136 valence electrons. The molecule has 1 heterocycles. The molecule has 3 aromatic rings. The molecule has 3 rings (SSSR count). The van der Waals surface area contributed by atoms with Crippen LogP contribution in [0.15, 0.2) is 41.2 Å². The van der Waals surface area contributed by atoms with Crippen LogP contribution in [-0.4, -0.2) is 16.7 Å². The number of ether oxygens (including phenoxy) is 1. The van der Waals surface area contributed by atoms with Gasteiger partial charge >= 0.3 is 11.9 Å². The van der Waals surface area contributed by atoms with E-state index in [0.717, 1.165) is 16.7 Å². The Balaban J connectivity index is 2.55. The summed E-state index contributed by atoms with van der Waals surface area (Å²) in [5.74, 6) is -0.0000198. The van der Waals surface area contributed by atoms with Crippen molar-refractivity contribution in [2.75, 3.05) is 7.11 Å². The van der Waals surface area contributed by atoms with Gasteiger partial charge in [-0.2, -0.15) is 18.2 Å². The van der Waals surface area contributed by atoms with Crippen LogP contribution in [0.5, 0.6) is 5.75 Å². The number of fused-ring (bicyclic) bond motifs is 1. The number of alkyl halides is 3. The predicted octanol–water partition coefficient (Wildman–Crippen LogP) is 4.63. The number of benzene rings is 2. The summed E-state index contributed by atoms with van der Waals surface area (Å²) in [7, 11) is 1.28. The van der Waals surface area contributed by atoms with Crippen LogP contribution in [0.3, 0.4) is 0 Å². The molecule has 2 aromatic carbocycles. The first kappa shape index (κ1) is 18.3. The zero-order valence-electron chi connectivity index (χ0n) is 13.9. The largest absolute Gasteiger partial charge is 0.496 e. The van der Waals surface area contributed by atoms with Crippen molar-refractivity contribution in [1.29, 1.82) is 0 Å². The molecule has 4 nitrogen and oxygen atoms in total. The Morgan fingerprint density at radius 2 is 1.92 bits per heavy atom. The number of methoxy groups -OCH3 is 1. The van der Waals surface area contributed by atoms with Crippen LogP contribution in [-0.2, 0) is 12.6 Å². The van der Waals surface area contributed by atoms with Crippen molar-refractivity contribution in [2.45, 2.75) is 19.5 Å². The maximum Gasteiger partial charge on any atom is 0.416 e. The molecule has 0 fully saturated rings. The van der Waals surface area contributed by atoms with Crippen molar-refractivity contribution in [3.8, 4) is 11.4 Å². The average Bonchev–Trinajstić information content (AvgIpc) is 2.60. The standard InChI is InChI=1S/C18H14ClF3N2O2/c1-3-12-16-14(8-10(18(20,21)22)9-15(16)26-2)24(17(25)23-12)13-7-5-4-6-11(13)19/h4-9H,3H2,1-2H3. The third kappa shape index (κ3) is 3.03. The highest BCUT2D eigenvalue weighted by atomic mass is 35.5. The molecule has 0 aliphatic rings. The number of nitrogens with zero attached hydrogens (tertiary/aromatic N) is 2. The van der Waals surface area contributed by atoms with E-state index in [0.29, 0.717) is 17.5 Å². The monoisotopic (exact) mass is 382 g/mol. The van der Waals surface area contributed by atoms with E-state index < -0.39 is 17.4 Å². The normalized spacial score (nSPS) is 11.8. The molecule has 0 saturated heterocycles. The van der Waals surface area contributed by atoms with Gasteiger partial charge in [-0.1, -0.05) is 30.7 Å². The lowest BCUT2D eigenvalue weighted by atomic mass is 10.1. The zero-order chi connectivity index (χ0) is 19.1. The van der Waals surface area contributed by atoms with Gasteiger partial charge < -0.3 is 4.74 Å². The molecule has 0 radical (unpaired) electrons. The number of aryl methyl sites for hydroxylation is 1. The number of hydrogen-bond donors (Lipinski definition) is 0. The van der Waals surface area contributed by atoms with Crippen molar-refractivity contribution >= 4 is 22.5 Å². The molecule has 0 aliphatic carbocycles. The average molecular weight is 383 g/mol. The van der Waals surface area contributed by atoms with Crippen LogP contribution >= 0.6 is 11.6 Å². The summed E-state index contributed by atoms with van der Waals surface area (Å²) in [5, 5.41) is 0.570. The van der Waals surface area contributed by atoms with Gasteiger partial charge in [0.25, 0.3) is 0 Å². The van der Waals surface area contributed by atoms with Crippen LogP contribution in [0.25, 0.3) is 16.6 Å². The van der Waals surface area contributed by atoms with E-state index in [4.69, 9.17) is 16.3 Å². The highest BCUT2D eigenvalue weighted by Crippen LogP contribution is 2.38. The topological polar surface area (TPSA) is 44.1 Å². The maximum absolute atomic E-state index is 13.3. The predicted molar refractivity (Wildman–Crippen MR) is 93.3 cm³/mol. The fourth-order valence-electron chi connectivity index (χ4n) is 2.84. The first-order valence-electron chi connectivity index (χ1n) is 7.73. The minimum absolute atomic E-state index is 0.0000198. The molecular formula is C18H14ClF3N2O2. The first-order valence-corrected chi connectivity index (χ1v) is 8.11. The van der Waals surface area contributed by atoms with E-state index in [9.17, 15) is 18.0 Å². The van der Waals surface area contributed by atoms with E-state index >= 15 is 0 Å². The minimum atomic E-state index is -4.60. The van der Waals surface area contributed by atoms with Gasteiger partial charge in [-0.25, -0.2) is 4.79 Å². The summed E-state index contributed by atoms with van der Waals surface area (Å²) in [4.78, 5) is 16.6. The third-order valence-electron chi connectivity index (χ3n) is 4.01. The smallest absolute Gasteiger partial charge is 0.416 e. The van der Waals surface area contributed by atoms with Crippen LogP contribution in [0, 0.1) is 0 Å². The second-order valence-electron chi connectivity index (χ2n) is 5.55. The van der Waals surface area contributed by atoms with Gasteiger partial charge in [-0.3, -0.25) is 4.57 Å². The summed E-state index contributed by atoms with van der Waals surface area (Å²) < 4.78 is 46.3. The fraction of sp³-hybridized carbons (Fsp3) is 0.222. The number of para-hydroxylation sites is 1. The van der Waals surface area contributed by atoms with Crippen molar-refractivity contribution in [3.63, 3.8) is 0 Å². The lowest BCUT2D eigenvalue weighted by Crippen LogP contribution is -2.24. The Morgan fingerprint density at radius 3 is 2.50 bits per heavy atom. The molecule has 1 aromatic heterocycles. The Morgan fingerprint density at radius 1 is 1.23 bits per heavy atom. The lowest BCUT2D eigenvalue weighted by molar-refractivity contribution is -0.137. The van der Waals surface area contributed by atoms with Gasteiger partial charge in [-0.15, -0.1) is 0 Å². The Labute approximate surface area is 151 Å². The number of rotatable bonds is 3. The van der Waals surface area contributed by atoms with E-state index in [1.165, 1.54) is 7.11 Å². The van der Waals surface area contributed by atoms with Crippen molar-refractivity contribution < 1.29 is 17.9 Å². The van der Waals surface area contributed by atoms with Crippen LogP contribution in [0.1, 0.15) is 18.2 Å². The number of hydrogen-bond acceptors (Lipinski definition) is 3. The molecule has 26 heavy (non-hydrogen) atoms. The van der Waals surface area contributed by atoms with Gasteiger partial charge in [-0.05, 0) is 30.7 Å². The Bertz CT molecular complexity index is 1050.